The zero-order valence-corrected chi connectivity index (χ0v) is 11.0. The van der Waals surface area contributed by atoms with Gasteiger partial charge in [-0.2, -0.15) is 0 Å². The van der Waals surface area contributed by atoms with Crippen LogP contribution in [0.4, 0.5) is 0 Å². The van der Waals surface area contributed by atoms with E-state index in [-0.39, 0.29) is 0 Å². The zero-order chi connectivity index (χ0) is 12.2. The predicted octanol–water partition coefficient (Wildman–Crippen LogP) is 3.15. The summed E-state index contributed by atoms with van der Waals surface area (Å²) in [6, 6.07) is 11.5. The number of hydrogen-bond donors (Lipinski definition) is 1. The van der Waals surface area contributed by atoms with Crippen molar-refractivity contribution >= 4 is 0 Å². The molecule has 1 N–H and O–H groups in total. The molecule has 1 aromatic carbocycles. The first-order valence-electron chi connectivity index (χ1n) is 7.29. The normalized spacial score (nSPS) is 25.9. The van der Waals surface area contributed by atoms with Gasteiger partial charge in [-0.3, -0.25) is 0 Å². The maximum Gasteiger partial charge on any atom is 0.0506 e. The summed E-state index contributed by atoms with van der Waals surface area (Å²) in [5.41, 5.74) is 1.46. The third kappa shape index (κ3) is 3.12. The van der Waals surface area contributed by atoms with Crippen molar-refractivity contribution < 1.29 is 4.74 Å². The van der Waals surface area contributed by atoms with Crippen LogP contribution in [0.3, 0.4) is 0 Å². The van der Waals surface area contributed by atoms with E-state index in [9.17, 15) is 0 Å². The van der Waals surface area contributed by atoms with Crippen molar-refractivity contribution in [2.24, 2.45) is 11.8 Å². The van der Waals surface area contributed by atoms with Crippen LogP contribution >= 0.6 is 0 Å². The van der Waals surface area contributed by atoms with Crippen molar-refractivity contribution in [1.82, 2.24) is 5.32 Å². The molecule has 0 spiro atoms. The van der Waals surface area contributed by atoms with Crippen LogP contribution in [0.1, 0.15) is 37.3 Å². The molecule has 18 heavy (non-hydrogen) atoms. The second-order valence-electron chi connectivity index (χ2n) is 5.72. The maximum atomic E-state index is 5.56. The topological polar surface area (TPSA) is 21.3 Å². The van der Waals surface area contributed by atoms with Gasteiger partial charge in [0.05, 0.1) is 6.61 Å². The molecule has 1 aliphatic carbocycles. The van der Waals surface area contributed by atoms with Gasteiger partial charge in [0, 0.05) is 19.2 Å². The monoisotopic (exact) mass is 245 g/mol. The van der Waals surface area contributed by atoms with Gasteiger partial charge in [0.25, 0.3) is 0 Å². The first-order valence-corrected chi connectivity index (χ1v) is 7.29. The molecule has 1 saturated heterocycles. The van der Waals surface area contributed by atoms with Crippen molar-refractivity contribution in [3.8, 4) is 0 Å². The molecule has 0 aromatic heterocycles. The highest BCUT2D eigenvalue weighted by Crippen LogP contribution is 2.41. The Hall–Kier alpha value is -0.860. The largest absolute Gasteiger partial charge is 0.381 e. The van der Waals surface area contributed by atoms with Gasteiger partial charge in [0.2, 0.25) is 0 Å². The summed E-state index contributed by atoms with van der Waals surface area (Å²) < 4.78 is 5.56. The van der Waals surface area contributed by atoms with Crippen LogP contribution in [-0.2, 0) is 4.74 Å². The van der Waals surface area contributed by atoms with Crippen molar-refractivity contribution in [1.29, 1.82) is 0 Å². The molecular formula is C16H23NO. The molecule has 98 valence electrons. The molecule has 0 bridgehead atoms. The minimum Gasteiger partial charge on any atom is -0.381 e. The predicted molar refractivity (Wildman–Crippen MR) is 73.5 cm³/mol. The Bertz CT molecular complexity index is 355. The van der Waals surface area contributed by atoms with E-state index in [4.69, 9.17) is 4.74 Å². The van der Waals surface area contributed by atoms with Gasteiger partial charge >= 0.3 is 0 Å². The average Bonchev–Trinajstić information content (AvgIpc) is 3.26. The van der Waals surface area contributed by atoms with Gasteiger partial charge in [-0.15, -0.1) is 0 Å². The van der Waals surface area contributed by atoms with E-state index in [0.29, 0.717) is 12.0 Å². The molecule has 2 heteroatoms. The molecule has 1 aliphatic heterocycles. The second kappa shape index (κ2) is 5.85. The molecule has 2 nitrogen and oxygen atoms in total. The lowest BCUT2D eigenvalue weighted by Gasteiger charge is -2.26. The third-order valence-electron chi connectivity index (χ3n) is 4.13. The third-order valence-corrected chi connectivity index (χ3v) is 4.13. The van der Waals surface area contributed by atoms with E-state index in [1.807, 2.05) is 0 Å². The number of benzene rings is 1. The molecule has 2 atom stereocenters. The van der Waals surface area contributed by atoms with E-state index < -0.39 is 0 Å². The Balaban J connectivity index is 1.57. The maximum absolute atomic E-state index is 5.56. The lowest BCUT2D eigenvalue weighted by molar-refractivity contribution is 0.0535. The molecule has 0 radical (unpaired) electrons. The summed E-state index contributed by atoms with van der Waals surface area (Å²) in [4.78, 5) is 0. The highest BCUT2D eigenvalue weighted by molar-refractivity contribution is 5.21. The average molecular weight is 245 g/mol. The minimum atomic E-state index is 0.563. The van der Waals surface area contributed by atoms with Crippen molar-refractivity contribution in [2.45, 2.75) is 31.7 Å². The summed E-state index contributed by atoms with van der Waals surface area (Å²) >= 11 is 0. The van der Waals surface area contributed by atoms with Crippen LogP contribution in [0.15, 0.2) is 30.3 Å². The van der Waals surface area contributed by atoms with Crippen LogP contribution in [0.5, 0.6) is 0 Å². The van der Waals surface area contributed by atoms with Gasteiger partial charge < -0.3 is 10.1 Å². The standard InChI is InChI=1S/C16H23NO/c1-2-6-14(7-3-1)16(15-8-9-15)17-11-13-5-4-10-18-12-13/h1-3,6-7,13,15-17H,4-5,8-12H2. The Morgan fingerprint density at radius 1 is 1.17 bits per heavy atom. The number of ether oxygens (including phenoxy) is 1. The SMILES string of the molecule is c1ccc(C(NCC2CCCOC2)C2CC2)cc1. The summed E-state index contributed by atoms with van der Waals surface area (Å²) in [6.07, 6.45) is 5.31. The Labute approximate surface area is 110 Å². The van der Waals surface area contributed by atoms with Gasteiger partial charge in [0.1, 0.15) is 0 Å². The summed E-state index contributed by atoms with van der Waals surface area (Å²) in [7, 11) is 0. The van der Waals surface area contributed by atoms with Crippen molar-refractivity contribution in [3.63, 3.8) is 0 Å². The Morgan fingerprint density at radius 3 is 2.67 bits per heavy atom. The van der Waals surface area contributed by atoms with E-state index in [1.165, 1.54) is 31.2 Å². The molecule has 3 rings (SSSR count). The van der Waals surface area contributed by atoms with Crippen LogP contribution < -0.4 is 5.32 Å². The van der Waals surface area contributed by atoms with Gasteiger partial charge in [-0.1, -0.05) is 30.3 Å². The second-order valence-corrected chi connectivity index (χ2v) is 5.72. The molecule has 1 heterocycles. The van der Waals surface area contributed by atoms with Crippen LogP contribution in [-0.4, -0.2) is 19.8 Å². The van der Waals surface area contributed by atoms with Crippen molar-refractivity contribution in [3.05, 3.63) is 35.9 Å². The Morgan fingerprint density at radius 2 is 2.00 bits per heavy atom. The van der Waals surface area contributed by atoms with Crippen LogP contribution in [0, 0.1) is 11.8 Å². The Kier molecular flexibility index (Phi) is 3.96. The van der Waals surface area contributed by atoms with E-state index in [0.717, 1.165) is 25.7 Å². The van der Waals surface area contributed by atoms with Gasteiger partial charge in [-0.05, 0) is 43.1 Å². The molecule has 2 aliphatic rings. The molecule has 2 unspecified atom stereocenters. The number of nitrogens with one attached hydrogen (secondary N) is 1. The fourth-order valence-corrected chi connectivity index (χ4v) is 2.91. The van der Waals surface area contributed by atoms with Crippen molar-refractivity contribution in [2.75, 3.05) is 19.8 Å². The molecular weight excluding hydrogens is 222 g/mol. The first kappa shape index (κ1) is 12.2. The van der Waals surface area contributed by atoms with E-state index in [1.54, 1.807) is 0 Å². The highest BCUT2D eigenvalue weighted by Gasteiger charge is 2.32. The first-order chi connectivity index (χ1) is 8.93. The summed E-state index contributed by atoms with van der Waals surface area (Å²) in [5.74, 6) is 1.57. The summed E-state index contributed by atoms with van der Waals surface area (Å²) in [5, 5.41) is 3.79. The van der Waals surface area contributed by atoms with Crippen LogP contribution in [0.25, 0.3) is 0 Å². The molecule has 0 amide bonds. The smallest absolute Gasteiger partial charge is 0.0506 e. The minimum absolute atomic E-state index is 0.563. The zero-order valence-electron chi connectivity index (χ0n) is 11.0. The molecule has 2 fully saturated rings. The number of hydrogen-bond acceptors (Lipinski definition) is 2. The lowest BCUT2D eigenvalue weighted by atomic mass is 9.99. The van der Waals surface area contributed by atoms with Crippen LogP contribution in [0.2, 0.25) is 0 Å². The van der Waals surface area contributed by atoms with Gasteiger partial charge in [0.15, 0.2) is 0 Å². The summed E-state index contributed by atoms with van der Waals surface area (Å²) in [6.45, 7) is 3.01. The molecule has 1 aromatic rings. The molecule has 1 saturated carbocycles. The number of rotatable bonds is 5. The quantitative estimate of drug-likeness (QED) is 0.860. The van der Waals surface area contributed by atoms with E-state index in [2.05, 4.69) is 35.6 Å². The van der Waals surface area contributed by atoms with E-state index >= 15 is 0 Å². The fourth-order valence-electron chi connectivity index (χ4n) is 2.91. The highest BCUT2D eigenvalue weighted by atomic mass is 16.5. The lowest BCUT2D eigenvalue weighted by Crippen LogP contribution is -2.32. The van der Waals surface area contributed by atoms with Gasteiger partial charge in [-0.25, -0.2) is 0 Å². The fraction of sp³-hybridized carbons (Fsp3) is 0.625.